The van der Waals surface area contributed by atoms with Crippen molar-refractivity contribution in [1.82, 2.24) is 14.5 Å². The van der Waals surface area contributed by atoms with E-state index in [9.17, 15) is 0 Å². The van der Waals surface area contributed by atoms with Gasteiger partial charge < -0.3 is 9.88 Å². The molecule has 4 nitrogen and oxygen atoms in total. The van der Waals surface area contributed by atoms with Crippen LogP contribution in [-0.4, -0.2) is 21.1 Å². The van der Waals surface area contributed by atoms with Gasteiger partial charge in [-0.2, -0.15) is 0 Å². The lowest BCUT2D eigenvalue weighted by molar-refractivity contribution is 0.616. The Balaban J connectivity index is 2.09. The molecule has 0 atom stereocenters. The summed E-state index contributed by atoms with van der Waals surface area (Å²) < 4.78 is 2.28. The van der Waals surface area contributed by atoms with Gasteiger partial charge in [0, 0.05) is 19.3 Å². The quantitative estimate of drug-likeness (QED) is 0.696. The molecule has 110 valence electrons. The van der Waals surface area contributed by atoms with E-state index in [-0.39, 0.29) is 0 Å². The van der Waals surface area contributed by atoms with Crippen LogP contribution in [0.2, 0.25) is 0 Å². The second kappa shape index (κ2) is 7.88. The van der Waals surface area contributed by atoms with E-state index in [4.69, 9.17) is 0 Å². The van der Waals surface area contributed by atoms with Gasteiger partial charge in [0.05, 0.1) is 5.52 Å². The highest BCUT2D eigenvalue weighted by atomic mass is 15.1. The zero-order valence-electron chi connectivity index (χ0n) is 12.7. The maximum atomic E-state index is 4.42. The lowest BCUT2D eigenvalue weighted by Crippen LogP contribution is -2.06. The molecule has 0 fully saturated rings. The van der Waals surface area contributed by atoms with Gasteiger partial charge in [-0.25, -0.2) is 9.97 Å². The van der Waals surface area contributed by atoms with Gasteiger partial charge in [0.15, 0.2) is 5.82 Å². The Hall–Kier alpha value is -1.58. The summed E-state index contributed by atoms with van der Waals surface area (Å²) in [6.07, 6.45) is 11.2. The van der Waals surface area contributed by atoms with Crippen LogP contribution in [0.15, 0.2) is 18.6 Å². The first-order valence-corrected chi connectivity index (χ1v) is 7.90. The fourth-order valence-corrected chi connectivity index (χ4v) is 2.46. The molecular formula is C16H26N4. The Morgan fingerprint density at radius 1 is 1.05 bits per heavy atom. The number of unbranched alkanes of at least 4 members (excludes halogenated alkanes) is 4. The van der Waals surface area contributed by atoms with E-state index >= 15 is 0 Å². The van der Waals surface area contributed by atoms with Gasteiger partial charge >= 0.3 is 0 Å². The Morgan fingerprint density at radius 2 is 1.85 bits per heavy atom. The summed E-state index contributed by atoms with van der Waals surface area (Å²) in [5.74, 6) is 0.979. The van der Waals surface area contributed by atoms with E-state index in [1.165, 1.54) is 38.5 Å². The van der Waals surface area contributed by atoms with Gasteiger partial charge in [-0.05, 0) is 18.9 Å². The van der Waals surface area contributed by atoms with Crippen molar-refractivity contribution < 1.29 is 0 Å². The van der Waals surface area contributed by atoms with Crippen molar-refractivity contribution in [2.24, 2.45) is 0 Å². The molecule has 0 aliphatic heterocycles. The van der Waals surface area contributed by atoms with Crippen LogP contribution in [0.3, 0.4) is 0 Å². The molecule has 2 aromatic rings. The zero-order valence-corrected chi connectivity index (χ0v) is 12.7. The van der Waals surface area contributed by atoms with Gasteiger partial charge in [0.25, 0.3) is 0 Å². The van der Waals surface area contributed by atoms with Crippen LogP contribution in [0.5, 0.6) is 0 Å². The van der Waals surface area contributed by atoms with Crippen LogP contribution in [0, 0.1) is 0 Å². The normalized spacial score (nSPS) is 11.1. The van der Waals surface area contributed by atoms with Crippen LogP contribution in [0.25, 0.3) is 11.0 Å². The molecule has 0 saturated heterocycles. The number of nitrogens with zero attached hydrogens (tertiary/aromatic N) is 3. The van der Waals surface area contributed by atoms with Gasteiger partial charge in [-0.3, -0.25) is 0 Å². The molecule has 4 heteroatoms. The van der Waals surface area contributed by atoms with E-state index < -0.39 is 0 Å². The third kappa shape index (κ3) is 3.71. The molecule has 0 aliphatic rings. The van der Waals surface area contributed by atoms with Gasteiger partial charge in [0.1, 0.15) is 11.8 Å². The zero-order chi connectivity index (χ0) is 14.2. The standard InChI is InChI=1S/C16H26N4/c1-3-5-7-10-17-16-15-14(18-13-19-16)9-12-20(15)11-8-6-4-2/h9,12-13H,3-8,10-11H2,1-2H3,(H,17,18,19). The maximum Gasteiger partial charge on any atom is 0.154 e. The molecule has 2 rings (SSSR count). The molecule has 0 radical (unpaired) electrons. The minimum absolute atomic E-state index is 0.979. The number of nitrogens with one attached hydrogen (secondary N) is 1. The summed E-state index contributed by atoms with van der Waals surface area (Å²) in [5, 5.41) is 3.47. The van der Waals surface area contributed by atoms with Crippen LogP contribution in [0.1, 0.15) is 52.4 Å². The minimum atomic E-state index is 0.979. The van der Waals surface area contributed by atoms with Gasteiger partial charge in [0.2, 0.25) is 0 Å². The SMILES string of the molecule is CCCCCNc1ncnc2ccn(CCCCC)c12. The topological polar surface area (TPSA) is 42.7 Å². The molecule has 0 saturated carbocycles. The number of aryl methyl sites for hydroxylation is 1. The smallest absolute Gasteiger partial charge is 0.154 e. The average Bonchev–Trinajstić information content (AvgIpc) is 2.88. The summed E-state index contributed by atoms with van der Waals surface area (Å²) in [6.45, 7) is 6.49. The lowest BCUT2D eigenvalue weighted by atomic mass is 10.2. The fraction of sp³-hybridized carbons (Fsp3) is 0.625. The van der Waals surface area contributed by atoms with Gasteiger partial charge in [-0.15, -0.1) is 0 Å². The summed E-state index contributed by atoms with van der Waals surface area (Å²) in [5.41, 5.74) is 2.19. The molecule has 0 amide bonds. The first-order chi connectivity index (χ1) is 9.86. The number of aromatic nitrogens is 3. The summed E-state index contributed by atoms with van der Waals surface area (Å²) >= 11 is 0. The highest BCUT2D eigenvalue weighted by Gasteiger charge is 2.08. The fourth-order valence-electron chi connectivity index (χ4n) is 2.46. The average molecular weight is 274 g/mol. The van der Waals surface area contributed by atoms with Crippen molar-refractivity contribution in [3.63, 3.8) is 0 Å². The van der Waals surface area contributed by atoms with Crippen molar-refractivity contribution in [3.05, 3.63) is 18.6 Å². The largest absolute Gasteiger partial charge is 0.368 e. The van der Waals surface area contributed by atoms with Crippen molar-refractivity contribution in [1.29, 1.82) is 0 Å². The third-order valence-electron chi connectivity index (χ3n) is 3.63. The van der Waals surface area contributed by atoms with Crippen LogP contribution < -0.4 is 5.32 Å². The van der Waals surface area contributed by atoms with Crippen LogP contribution >= 0.6 is 0 Å². The number of anilines is 1. The summed E-state index contributed by atoms with van der Waals surface area (Å²) in [6, 6.07) is 2.08. The second-order valence-corrected chi connectivity index (χ2v) is 5.31. The number of hydrogen-bond donors (Lipinski definition) is 1. The predicted molar refractivity (Wildman–Crippen MR) is 85.1 cm³/mol. The van der Waals surface area contributed by atoms with Crippen molar-refractivity contribution in [2.75, 3.05) is 11.9 Å². The molecular weight excluding hydrogens is 248 g/mol. The minimum Gasteiger partial charge on any atom is -0.368 e. The highest BCUT2D eigenvalue weighted by Crippen LogP contribution is 2.21. The molecule has 0 aromatic carbocycles. The maximum absolute atomic E-state index is 4.42. The third-order valence-corrected chi connectivity index (χ3v) is 3.63. The Labute approximate surface area is 121 Å². The van der Waals surface area contributed by atoms with E-state index in [0.29, 0.717) is 0 Å². The monoisotopic (exact) mass is 274 g/mol. The molecule has 0 unspecified atom stereocenters. The molecule has 0 bridgehead atoms. The number of fused-ring (bicyclic) bond motifs is 1. The molecule has 2 aromatic heterocycles. The second-order valence-electron chi connectivity index (χ2n) is 5.31. The number of hydrogen-bond acceptors (Lipinski definition) is 3. The van der Waals surface area contributed by atoms with E-state index in [1.54, 1.807) is 6.33 Å². The molecule has 20 heavy (non-hydrogen) atoms. The highest BCUT2D eigenvalue weighted by molar-refractivity contribution is 5.86. The first kappa shape index (κ1) is 14.8. The predicted octanol–water partition coefficient (Wildman–Crippen LogP) is 4.22. The van der Waals surface area contributed by atoms with E-state index in [1.807, 2.05) is 0 Å². The Morgan fingerprint density at radius 3 is 2.65 bits per heavy atom. The molecule has 0 spiro atoms. The van der Waals surface area contributed by atoms with E-state index in [2.05, 4.69) is 46.0 Å². The molecule has 0 aliphatic carbocycles. The Bertz CT molecular complexity index is 518. The van der Waals surface area contributed by atoms with Crippen LogP contribution in [-0.2, 0) is 6.54 Å². The summed E-state index contributed by atoms with van der Waals surface area (Å²) in [7, 11) is 0. The van der Waals surface area contributed by atoms with Crippen molar-refractivity contribution >= 4 is 16.9 Å². The van der Waals surface area contributed by atoms with Crippen molar-refractivity contribution in [3.8, 4) is 0 Å². The number of rotatable bonds is 9. The van der Waals surface area contributed by atoms with E-state index in [0.717, 1.165) is 29.9 Å². The molecule has 1 N–H and O–H groups in total. The summed E-state index contributed by atoms with van der Waals surface area (Å²) in [4.78, 5) is 8.79. The molecule has 2 heterocycles. The lowest BCUT2D eigenvalue weighted by Gasteiger charge is -2.10. The Kier molecular flexibility index (Phi) is 5.84. The first-order valence-electron chi connectivity index (χ1n) is 7.90. The van der Waals surface area contributed by atoms with Crippen LogP contribution in [0.4, 0.5) is 5.82 Å². The van der Waals surface area contributed by atoms with Gasteiger partial charge in [-0.1, -0.05) is 39.5 Å². The van der Waals surface area contributed by atoms with Crippen molar-refractivity contribution in [2.45, 2.75) is 58.9 Å².